The summed E-state index contributed by atoms with van der Waals surface area (Å²) in [6.45, 7) is 5.04. The number of likely N-dealkylation sites (tertiary alicyclic amines) is 1. The summed E-state index contributed by atoms with van der Waals surface area (Å²) in [4.78, 5) is 20.0. The van der Waals surface area contributed by atoms with Crippen molar-refractivity contribution < 1.29 is 9.53 Å². The SMILES string of the molecule is CN(C)CCCN(CC1CCN(C2Cc3ccccc3C2)CC1)C(=O)COc1ccccc1. The maximum absolute atomic E-state index is 13.0. The second-order valence-electron chi connectivity index (χ2n) is 9.91. The second kappa shape index (κ2) is 11.7. The first-order chi connectivity index (χ1) is 16.1. The van der Waals surface area contributed by atoms with Gasteiger partial charge in [0, 0.05) is 19.1 Å². The molecule has 5 nitrogen and oxygen atoms in total. The summed E-state index contributed by atoms with van der Waals surface area (Å²) in [6.07, 6.45) is 5.70. The van der Waals surface area contributed by atoms with E-state index in [-0.39, 0.29) is 12.5 Å². The van der Waals surface area contributed by atoms with E-state index in [0.717, 1.165) is 44.9 Å². The monoisotopic (exact) mass is 449 g/mol. The molecule has 1 fully saturated rings. The molecule has 2 aliphatic rings. The number of ether oxygens (including phenoxy) is 1. The average molecular weight is 450 g/mol. The molecule has 1 amide bonds. The molecule has 2 aromatic rings. The van der Waals surface area contributed by atoms with Crippen molar-refractivity contribution in [2.75, 3.05) is 53.4 Å². The molecule has 0 spiro atoms. The van der Waals surface area contributed by atoms with Crippen LogP contribution in [-0.2, 0) is 17.6 Å². The molecule has 0 aromatic heterocycles. The van der Waals surface area contributed by atoms with Crippen LogP contribution in [0.2, 0.25) is 0 Å². The van der Waals surface area contributed by atoms with Crippen molar-refractivity contribution in [3.63, 3.8) is 0 Å². The molecule has 5 heteroatoms. The third-order valence-corrected chi connectivity index (χ3v) is 7.17. The van der Waals surface area contributed by atoms with Gasteiger partial charge in [0.1, 0.15) is 5.75 Å². The normalized spacial score (nSPS) is 17.3. The van der Waals surface area contributed by atoms with E-state index in [1.807, 2.05) is 30.3 Å². The van der Waals surface area contributed by atoms with Crippen molar-refractivity contribution in [1.82, 2.24) is 14.7 Å². The third kappa shape index (κ3) is 6.81. The zero-order valence-corrected chi connectivity index (χ0v) is 20.3. The van der Waals surface area contributed by atoms with Crippen molar-refractivity contribution in [3.05, 3.63) is 65.7 Å². The molecule has 2 aromatic carbocycles. The van der Waals surface area contributed by atoms with Gasteiger partial charge in [-0.1, -0.05) is 42.5 Å². The topological polar surface area (TPSA) is 36.0 Å². The Morgan fingerprint density at radius 3 is 2.21 bits per heavy atom. The summed E-state index contributed by atoms with van der Waals surface area (Å²) in [6, 6.07) is 19.2. The first-order valence-electron chi connectivity index (χ1n) is 12.5. The Morgan fingerprint density at radius 2 is 1.58 bits per heavy atom. The number of piperidine rings is 1. The predicted molar refractivity (Wildman–Crippen MR) is 134 cm³/mol. The Bertz CT molecular complexity index is 853. The molecule has 33 heavy (non-hydrogen) atoms. The van der Waals surface area contributed by atoms with E-state index in [1.54, 1.807) is 0 Å². The number of rotatable bonds is 10. The summed E-state index contributed by atoms with van der Waals surface area (Å²) < 4.78 is 5.77. The number of carbonyl (C=O) groups excluding carboxylic acids is 1. The van der Waals surface area contributed by atoms with Gasteiger partial charge in [-0.15, -0.1) is 0 Å². The number of benzene rings is 2. The first-order valence-corrected chi connectivity index (χ1v) is 12.5. The van der Waals surface area contributed by atoms with Crippen molar-refractivity contribution in [3.8, 4) is 5.75 Å². The van der Waals surface area contributed by atoms with E-state index in [4.69, 9.17) is 4.74 Å². The van der Waals surface area contributed by atoms with Crippen LogP contribution in [-0.4, -0.2) is 80.1 Å². The number of fused-ring (bicyclic) bond motifs is 1. The number of nitrogens with zero attached hydrogens (tertiary/aromatic N) is 3. The van der Waals surface area contributed by atoms with Crippen LogP contribution in [0.1, 0.15) is 30.4 Å². The van der Waals surface area contributed by atoms with Crippen molar-refractivity contribution >= 4 is 5.91 Å². The minimum atomic E-state index is 0.103. The molecule has 178 valence electrons. The largest absolute Gasteiger partial charge is 0.484 e. The van der Waals surface area contributed by atoms with Gasteiger partial charge in [0.05, 0.1) is 0 Å². The van der Waals surface area contributed by atoms with Gasteiger partial charge in [-0.25, -0.2) is 0 Å². The van der Waals surface area contributed by atoms with Crippen LogP contribution < -0.4 is 4.74 Å². The fourth-order valence-corrected chi connectivity index (χ4v) is 5.25. The van der Waals surface area contributed by atoms with Gasteiger partial charge >= 0.3 is 0 Å². The van der Waals surface area contributed by atoms with Crippen LogP contribution in [0.3, 0.4) is 0 Å². The van der Waals surface area contributed by atoms with Gasteiger partial charge in [-0.05, 0) is 95.0 Å². The number of amides is 1. The lowest BCUT2D eigenvalue weighted by Crippen LogP contribution is -2.46. The van der Waals surface area contributed by atoms with Crippen LogP contribution in [0.5, 0.6) is 5.75 Å². The molecule has 1 aliphatic heterocycles. The van der Waals surface area contributed by atoms with Crippen molar-refractivity contribution in [2.45, 2.75) is 38.1 Å². The molecule has 1 aliphatic carbocycles. The van der Waals surface area contributed by atoms with Crippen LogP contribution in [0.4, 0.5) is 0 Å². The molecule has 0 atom stereocenters. The van der Waals surface area contributed by atoms with Crippen LogP contribution >= 0.6 is 0 Å². The smallest absolute Gasteiger partial charge is 0.260 e. The van der Waals surface area contributed by atoms with Gasteiger partial charge in [0.25, 0.3) is 5.91 Å². The molecular formula is C28H39N3O2. The highest BCUT2D eigenvalue weighted by Crippen LogP contribution is 2.29. The van der Waals surface area contributed by atoms with Crippen LogP contribution in [0.25, 0.3) is 0 Å². The summed E-state index contributed by atoms with van der Waals surface area (Å²) in [5, 5.41) is 0. The summed E-state index contributed by atoms with van der Waals surface area (Å²) in [7, 11) is 4.17. The lowest BCUT2D eigenvalue weighted by molar-refractivity contribution is -0.134. The Balaban J connectivity index is 1.27. The average Bonchev–Trinajstić information content (AvgIpc) is 3.27. The lowest BCUT2D eigenvalue weighted by atomic mass is 9.94. The molecular weight excluding hydrogens is 410 g/mol. The minimum absolute atomic E-state index is 0.103. The Labute approximate surface area is 199 Å². The summed E-state index contributed by atoms with van der Waals surface area (Å²) >= 11 is 0. The number of hydrogen-bond acceptors (Lipinski definition) is 4. The van der Waals surface area contributed by atoms with Gasteiger partial charge in [-0.3, -0.25) is 9.69 Å². The lowest BCUT2D eigenvalue weighted by Gasteiger charge is -2.38. The summed E-state index contributed by atoms with van der Waals surface area (Å²) in [5.74, 6) is 1.43. The van der Waals surface area contributed by atoms with Crippen molar-refractivity contribution in [1.29, 1.82) is 0 Å². The van der Waals surface area contributed by atoms with E-state index < -0.39 is 0 Å². The van der Waals surface area contributed by atoms with Gasteiger partial charge in [-0.2, -0.15) is 0 Å². The molecule has 4 rings (SSSR count). The van der Waals surface area contributed by atoms with E-state index in [0.29, 0.717) is 12.0 Å². The maximum Gasteiger partial charge on any atom is 0.260 e. The highest BCUT2D eigenvalue weighted by Gasteiger charge is 2.30. The molecule has 0 radical (unpaired) electrons. The number of hydrogen-bond donors (Lipinski definition) is 0. The van der Waals surface area contributed by atoms with E-state index in [9.17, 15) is 4.79 Å². The fraction of sp³-hybridized carbons (Fsp3) is 0.536. The zero-order valence-electron chi connectivity index (χ0n) is 20.3. The summed E-state index contributed by atoms with van der Waals surface area (Å²) in [5.41, 5.74) is 3.06. The molecule has 0 N–H and O–H groups in total. The Hall–Kier alpha value is -2.37. The molecule has 0 bridgehead atoms. The van der Waals surface area contributed by atoms with Crippen LogP contribution in [0.15, 0.2) is 54.6 Å². The fourth-order valence-electron chi connectivity index (χ4n) is 5.25. The quantitative estimate of drug-likeness (QED) is 0.554. The molecule has 0 unspecified atom stereocenters. The van der Waals surface area contributed by atoms with E-state index in [1.165, 1.54) is 36.8 Å². The maximum atomic E-state index is 13.0. The molecule has 1 saturated heterocycles. The van der Waals surface area contributed by atoms with Crippen LogP contribution in [0, 0.1) is 5.92 Å². The van der Waals surface area contributed by atoms with Crippen molar-refractivity contribution in [2.24, 2.45) is 5.92 Å². The van der Waals surface area contributed by atoms with Gasteiger partial charge < -0.3 is 14.5 Å². The highest BCUT2D eigenvalue weighted by molar-refractivity contribution is 5.77. The molecule has 1 heterocycles. The zero-order chi connectivity index (χ0) is 23.0. The predicted octanol–water partition coefficient (Wildman–Crippen LogP) is 3.73. The van der Waals surface area contributed by atoms with Gasteiger partial charge in [0.15, 0.2) is 6.61 Å². The highest BCUT2D eigenvalue weighted by atomic mass is 16.5. The standard InChI is InChI=1S/C28H39N3O2/c1-29(2)15-8-16-31(28(32)22-33-27-11-4-3-5-12-27)21-23-13-17-30(18-14-23)26-19-24-9-6-7-10-25(24)20-26/h3-7,9-12,23,26H,8,13-22H2,1-2H3. The molecule has 0 saturated carbocycles. The second-order valence-corrected chi connectivity index (χ2v) is 9.91. The van der Waals surface area contributed by atoms with E-state index in [2.05, 4.69) is 53.1 Å². The number of carbonyl (C=O) groups is 1. The number of para-hydroxylation sites is 1. The van der Waals surface area contributed by atoms with E-state index >= 15 is 0 Å². The minimum Gasteiger partial charge on any atom is -0.484 e. The first kappa shape index (κ1) is 23.8. The third-order valence-electron chi connectivity index (χ3n) is 7.17. The van der Waals surface area contributed by atoms with Gasteiger partial charge in [0.2, 0.25) is 0 Å². The Kier molecular flexibility index (Phi) is 8.40. The Morgan fingerprint density at radius 1 is 0.939 bits per heavy atom.